The van der Waals surface area contributed by atoms with Gasteiger partial charge in [-0.05, 0) is 19.3 Å². The zero-order valence-electron chi connectivity index (χ0n) is 8.90. The first-order valence-electron chi connectivity index (χ1n) is 4.94. The highest BCUT2D eigenvalue weighted by Gasteiger charge is 2.41. The molecule has 0 aliphatic carbocycles. The van der Waals surface area contributed by atoms with Crippen molar-refractivity contribution >= 4 is 13.2 Å². The molecule has 1 saturated heterocycles. The highest BCUT2D eigenvalue weighted by molar-refractivity contribution is 6.54. The molecule has 5 nitrogen and oxygen atoms in total. The molecule has 0 unspecified atom stereocenters. The van der Waals surface area contributed by atoms with Gasteiger partial charge in [0.25, 0.3) is 0 Å². The fraction of sp³-hybridized carbons (Fsp3) is 0.667. The zero-order chi connectivity index (χ0) is 11.1. The molecule has 6 heteroatoms. The summed E-state index contributed by atoms with van der Waals surface area (Å²) in [5.41, 5.74) is 0.630. The Labute approximate surface area is 88.8 Å². The zero-order valence-corrected chi connectivity index (χ0v) is 8.90. The van der Waals surface area contributed by atoms with E-state index < -0.39 is 6.09 Å². The molecule has 15 heavy (non-hydrogen) atoms. The van der Waals surface area contributed by atoms with Gasteiger partial charge in [-0.1, -0.05) is 6.08 Å². The lowest BCUT2D eigenvalue weighted by Gasteiger charge is -2.16. The standard InChI is InChI=1S/C9H14BNO4/c1-9(2)6-14-10(15-9)7-3-4-11(5-7)8(12)13/h3H,4-6H2,1-2H3,(H,12,13). The van der Waals surface area contributed by atoms with Crippen molar-refractivity contribution in [2.45, 2.75) is 19.4 Å². The smallest absolute Gasteiger partial charge is 0.465 e. The number of amides is 1. The second-order valence-electron chi connectivity index (χ2n) is 4.46. The summed E-state index contributed by atoms with van der Waals surface area (Å²) < 4.78 is 11.1. The molecule has 2 aliphatic heterocycles. The number of hydrogen-bond acceptors (Lipinski definition) is 3. The van der Waals surface area contributed by atoms with Gasteiger partial charge < -0.3 is 19.3 Å². The second-order valence-corrected chi connectivity index (χ2v) is 4.46. The van der Waals surface area contributed by atoms with E-state index in [-0.39, 0.29) is 12.7 Å². The molecule has 0 atom stereocenters. The van der Waals surface area contributed by atoms with Crippen LogP contribution < -0.4 is 0 Å². The third-order valence-electron chi connectivity index (χ3n) is 2.53. The summed E-state index contributed by atoms with van der Waals surface area (Å²) in [6.07, 6.45) is 0.957. The van der Waals surface area contributed by atoms with E-state index in [4.69, 9.17) is 14.4 Å². The van der Waals surface area contributed by atoms with Crippen molar-refractivity contribution in [3.05, 3.63) is 11.5 Å². The van der Waals surface area contributed by atoms with Crippen LogP contribution in [0.2, 0.25) is 0 Å². The molecule has 0 bridgehead atoms. The van der Waals surface area contributed by atoms with Crippen LogP contribution in [0, 0.1) is 0 Å². The number of nitrogens with zero attached hydrogens (tertiary/aromatic N) is 1. The Balaban J connectivity index is 1.95. The summed E-state index contributed by atoms with van der Waals surface area (Å²) in [5.74, 6) is 0. The monoisotopic (exact) mass is 211 g/mol. The van der Waals surface area contributed by atoms with Crippen molar-refractivity contribution in [3.8, 4) is 0 Å². The maximum Gasteiger partial charge on any atom is 0.491 e. The molecule has 1 amide bonds. The van der Waals surface area contributed by atoms with Gasteiger partial charge in [0.2, 0.25) is 0 Å². The maximum absolute atomic E-state index is 10.7. The van der Waals surface area contributed by atoms with Gasteiger partial charge in [-0.2, -0.15) is 0 Å². The van der Waals surface area contributed by atoms with Crippen molar-refractivity contribution in [1.82, 2.24) is 4.90 Å². The molecular weight excluding hydrogens is 197 g/mol. The van der Waals surface area contributed by atoms with Gasteiger partial charge in [-0.25, -0.2) is 4.79 Å². The highest BCUT2D eigenvalue weighted by Crippen LogP contribution is 2.25. The molecule has 0 radical (unpaired) electrons. The number of hydrogen-bond donors (Lipinski definition) is 1. The second kappa shape index (κ2) is 3.54. The normalized spacial score (nSPS) is 24.5. The molecule has 2 rings (SSSR count). The first-order chi connectivity index (χ1) is 6.98. The van der Waals surface area contributed by atoms with E-state index in [1.165, 1.54) is 4.90 Å². The minimum atomic E-state index is -0.904. The Morgan fingerprint density at radius 2 is 2.40 bits per heavy atom. The molecule has 0 aromatic heterocycles. The molecule has 1 N–H and O–H groups in total. The van der Waals surface area contributed by atoms with Gasteiger partial charge in [-0.3, -0.25) is 0 Å². The lowest BCUT2D eigenvalue weighted by atomic mass is 9.79. The van der Waals surface area contributed by atoms with Crippen LogP contribution in [0.15, 0.2) is 11.5 Å². The van der Waals surface area contributed by atoms with E-state index in [0.717, 1.165) is 5.47 Å². The van der Waals surface area contributed by atoms with Gasteiger partial charge in [-0.15, -0.1) is 0 Å². The first kappa shape index (κ1) is 10.5. The predicted molar refractivity (Wildman–Crippen MR) is 54.6 cm³/mol. The van der Waals surface area contributed by atoms with Crippen LogP contribution in [-0.4, -0.2) is 48.5 Å². The van der Waals surface area contributed by atoms with Crippen LogP contribution >= 0.6 is 0 Å². The highest BCUT2D eigenvalue weighted by atomic mass is 16.7. The Morgan fingerprint density at radius 1 is 1.67 bits per heavy atom. The van der Waals surface area contributed by atoms with Gasteiger partial charge in [0, 0.05) is 13.1 Å². The van der Waals surface area contributed by atoms with E-state index >= 15 is 0 Å². The molecule has 2 heterocycles. The number of rotatable bonds is 1. The van der Waals surface area contributed by atoms with Crippen LogP contribution in [0.5, 0.6) is 0 Å². The van der Waals surface area contributed by atoms with Gasteiger partial charge >= 0.3 is 13.2 Å². The topological polar surface area (TPSA) is 59.0 Å². The molecule has 0 aromatic rings. The average Bonchev–Trinajstić information content (AvgIpc) is 2.70. The summed E-state index contributed by atoms with van der Waals surface area (Å²) in [5, 5.41) is 8.79. The predicted octanol–water partition coefficient (Wildman–Crippen LogP) is 0.759. The Morgan fingerprint density at radius 3 is 2.87 bits per heavy atom. The molecule has 0 aromatic carbocycles. The summed E-state index contributed by atoms with van der Waals surface area (Å²) in [6, 6.07) is 0. The molecule has 2 aliphatic rings. The van der Waals surface area contributed by atoms with Crippen molar-refractivity contribution in [3.63, 3.8) is 0 Å². The van der Waals surface area contributed by atoms with Crippen molar-refractivity contribution in [2.75, 3.05) is 19.7 Å². The summed E-state index contributed by atoms with van der Waals surface area (Å²) in [6.45, 7) is 5.27. The third-order valence-corrected chi connectivity index (χ3v) is 2.53. The van der Waals surface area contributed by atoms with Gasteiger partial charge in [0.1, 0.15) is 0 Å². The Hall–Kier alpha value is -1.01. The number of carboxylic acid groups (broad SMARTS) is 1. The SMILES string of the molecule is CC1(C)COB(C2=CCN(C(=O)O)C2)O1. The Bertz CT molecular complexity index is 315. The number of carbonyl (C=O) groups is 1. The lowest BCUT2D eigenvalue weighted by molar-refractivity contribution is 0.136. The summed E-state index contributed by atoms with van der Waals surface area (Å²) >= 11 is 0. The van der Waals surface area contributed by atoms with E-state index in [1.807, 2.05) is 19.9 Å². The van der Waals surface area contributed by atoms with Crippen LogP contribution in [0.4, 0.5) is 4.79 Å². The van der Waals surface area contributed by atoms with Crippen LogP contribution in [0.3, 0.4) is 0 Å². The van der Waals surface area contributed by atoms with Crippen molar-refractivity contribution in [2.24, 2.45) is 0 Å². The Kier molecular flexibility index (Phi) is 2.48. The molecule has 82 valence electrons. The summed E-state index contributed by atoms with van der Waals surface area (Å²) in [7, 11) is -0.371. The molecule has 1 fully saturated rings. The van der Waals surface area contributed by atoms with E-state index in [1.54, 1.807) is 0 Å². The molecule has 0 saturated carbocycles. The fourth-order valence-corrected chi connectivity index (χ4v) is 1.71. The van der Waals surface area contributed by atoms with E-state index in [0.29, 0.717) is 19.7 Å². The van der Waals surface area contributed by atoms with Gasteiger partial charge in [0.05, 0.1) is 12.2 Å². The first-order valence-corrected chi connectivity index (χ1v) is 4.94. The van der Waals surface area contributed by atoms with Crippen molar-refractivity contribution in [1.29, 1.82) is 0 Å². The summed E-state index contributed by atoms with van der Waals surface area (Å²) in [4.78, 5) is 12.0. The van der Waals surface area contributed by atoms with E-state index in [2.05, 4.69) is 0 Å². The largest absolute Gasteiger partial charge is 0.491 e. The molecule has 0 spiro atoms. The van der Waals surface area contributed by atoms with E-state index in [9.17, 15) is 4.79 Å². The van der Waals surface area contributed by atoms with Crippen molar-refractivity contribution < 1.29 is 19.2 Å². The van der Waals surface area contributed by atoms with Crippen LogP contribution in [0.25, 0.3) is 0 Å². The molecular formula is C9H14BNO4. The van der Waals surface area contributed by atoms with Crippen LogP contribution in [0.1, 0.15) is 13.8 Å². The quantitative estimate of drug-likeness (QED) is 0.650. The minimum Gasteiger partial charge on any atom is -0.465 e. The van der Waals surface area contributed by atoms with Gasteiger partial charge in [0.15, 0.2) is 0 Å². The average molecular weight is 211 g/mol. The maximum atomic E-state index is 10.7. The fourth-order valence-electron chi connectivity index (χ4n) is 1.71. The van der Waals surface area contributed by atoms with Crippen LogP contribution in [-0.2, 0) is 9.31 Å². The lowest BCUT2D eigenvalue weighted by Crippen LogP contribution is -2.31. The minimum absolute atomic E-state index is 0.276. The third kappa shape index (κ3) is 2.16.